The van der Waals surface area contributed by atoms with Crippen molar-refractivity contribution >= 4 is 0 Å². The van der Waals surface area contributed by atoms with Gasteiger partial charge in [-0.15, -0.1) is 0 Å². The molecule has 4 aromatic rings. The zero-order valence-corrected chi connectivity index (χ0v) is 15.2. The molecule has 6 heteroatoms. The molecule has 0 aliphatic carbocycles. The van der Waals surface area contributed by atoms with Gasteiger partial charge in [-0.2, -0.15) is 5.10 Å². The van der Waals surface area contributed by atoms with E-state index in [9.17, 15) is 0 Å². The topological polar surface area (TPSA) is 79.6 Å². The summed E-state index contributed by atoms with van der Waals surface area (Å²) in [6.45, 7) is 0.625. The van der Waals surface area contributed by atoms with Crippen LogP contribution in [-0.4, -0.2) is 36.4 Å². The van der Waals surface area contributed by atoms with Crippen LogP contribution in [0.5, 0.6) is 0 Å². The summed E-state index contributed by atoms with van der Waals surface area (Å²) in [6, 6.07) is 18.2. The lowest BCUT2D eigenvalue weighted by molar-refractivity contribution is 0.305. The van der Waals surface area contributed by atoms with Gasteiger partial charge in [0.05, 0.1) is 30.9 Å². The Kier molecular flexibility index (Phi) is 5.27. The summed E-state index contributed by atoms with van der Waals surface area (Å²) < 4.78 is 2.06. The number of aromatic amines is 1. The first-order chi connectivity index (χ1) is 13.8. The first-order valence-electron chi connectivity index (χ1n) is 9.00. The summed E-state index contributed by atoms with van der Waals surface area (Å²) in [5.74, 6) is 6.77. The van der Waals surface area contributed by atoms with Gasteiger partial charge in [0.15, 0.2) is 0 Å². The summed E-state index contributed by atoms with van der Waals surface area (Å²) in [7, 11) is 0. The van der Waals surface area contributed by atoms with Crippen molar-refractivity contribution < 1.29 is 5.11 Å². The van der Waals surface area contributed by atoms with Gasteiger partial charge in [-0.3, -0.25) is 5.10 Å². The van der Waals surface area contributed by atoms with Gasteiger partial charge < -0.3 is 9.67 Å². The fourth-order valence-corrected chi connectivity index (χ4v) is 3.01. The number of hydrogen-bond acceptors (Lipinski definition) is 4. The van der Waals surface area contributed by atoms with E-state index in [1.54, 1.807) is 0 Å². The number of aliphatic hydroxyl groups excluding tert-OH is 1. The van der Waals surface area contributed by atoms with E-state index in [0.717, 1.165) is 33.9 Å². The molecule has 2 N–H and O–H groups in total. The van der Waals surface area contributed by atoms with Gasteiger partial charge >= 0.3 is 0 Å². The lowest BCUT2D eigenvalue weighted by Gasteiger charge is -2.10. The van der Waals surface area contributed by atoms with Crippen LogP contribution in [0.1, 0.15) is 17.8 Å². The number of rotatable bonds is 5. The highest BCUT2D eigenvalue weighted by Crippen LogP contribution is 2.31. The fourth-order valence-electron chi connectivity index (χ4n) is 3.01. The molecule has 0 amide bonds. The Hall–Kier alpha value is -3.69. The Balaban J connectivity index is 1.75. The summed E-state index contributed by atoms with van der Waals surface area (Å²) in [4.78, 5) is 8.90. The second-order valence-corrected chi connectivity index (χ2v) is 6.22. The van der Waals surface area contributed by atoms with Crippen molar-refractivity contribution in [3.63, 3.8) is 0 Å². The van der Waals surface area contributed by atoms with Crippen LogP contribution in [0.2, 0.25) is 0 Å². The number of nitrogens with zero attached hydrogens (tertiary/aromatic N) is 4. The predicted molar refractivity (Wildman–Crippen MR) is 107 cm³/mol. The molecule has 0 radical (unpaired) electrons. The number of imidazole rings is 1. The van der Waals surface area contributed by atoms with E-state index in [0.29, 0.717) is 13.0 Å². The number of aromatic nitrogens is 5. The summed E-state index contributed by atoms with van der Waals surface area (Å²) in [6.07, 6.45) is 3.81. The molecule has 2 aromatic heterocycles. The zero-order chi connectivity index (χ0) is 19.2. The van der Waals surface area contributed by atoms with Crippen LogP contribution < -0.4 is 0 Å². The summed E-state index contributed by atoms with van der Waals surface area (Å²) in [5, 5.41) is 15.7. The van der Waals surface area contributed by atoms with E-state index >= 15 is 0 Å². The molecule has 0 unspecified atom stereocenters. The number of H-pyrrole nitrogens is 1. The fraction of sp³-hybridized carbons (Fsp3) is 0.136. The lowest BCUT2D eigenvalue weighted by atomic mass is 10.0. The van der Waals surface area contributed by atoms with Crippen molar-refractivity contribution in [2.24, 2.45) is 0 Å². The Bertz CT molecular complexity index is 1090. The Morgan fingerprint density at radius 1 is 0.964 bits per heavy atom. The van der Waals surface area contributed by atoms with Crippen LogP contribution >= 0.6 is 0 Å². The molecule has 28 heavy (non-hydrogen) atoms. The highest BCUT2D eigenvalue weighted by molar-refractivity contribution is 5.78. The van der Waals surface area contributed by atoms with Gasteiger partial charge in [-0.25, -0.2) is 9.97 Å². The molecule has 138 valence electrons. The molecule has 0 spiro atoms. The summed E-state index contributed by atoms with van der Waals surface area (Å²) >= 11 is 0. The second-order valence-electron chi connectivity index (χ2n) is 6.22. The van der Waals surface area contributed by atoms with Crippen LogP contribution in [0, 0.1) is 11.8 Å². The molecular weight excluding hydrogens is 350 g/mol. The Morgan fingerprint density at radius 2 is 1.79 bits per heavy atom. The van der Waals surface area contributed by atoms with Gasteiger partial charge in [-0.05, 0) is 12.1 Å². The third kappa shape index (κ3) is 3.85. The molecule has 6 nitrogen and oxygen atoms in total. The maximum Gasteiger partial charge on any atom is 0.144 e. The van der Waals surface area contributed by atoms with Crippen LogP contribution in [0.25, 0.3) is 22.5 Å². The van der Waals surface area contributed by atoms with E-state index in [4.69, 9.17) is 5.11 Å². The number of benzene rings is 2. The minimum absolute atomic E-state index is 0.0757. The Labute approximate surface area is 162 Å². The monoisotopic (exact) mass is 369 g/mol. The first kappa shape index (κ1) is 17.7. The molecular formula is C22H19N5O. The largest absolute Gasteiger partial charge is 0.395 e. The zero-order valence-electron chi connectivity index (χ0n) is 15.2. The van der Waals surface area contributed by atoms with Crippen LogP contribution in [-0.2, 0) is 6.54 Å². The third-order valence-electron chi connectivity index (χ3n) is 4.30. The molecule has 0 aliphatic heterocycles. The van der Waals surface area contributed by atoms with Gasteiger partial charge in [-0.1, -0.05) is 54.3 Å². The lowest BCUT2D eigenvalue weighted by Crippen LogP contribution is -2.03. The smallest absolute Gasteiger partial charge is 0.144 e. The van der Waals surface area contributed by atoms with Crippen molar-refractivity contribution in [3.8, 4) is 34.4 Å². The maximum absolute atomic E-state index is 8.86. The second kappa shape index (κ2) is 8.33. The van der Waals surface area contributed by atoms with Crippen molar-refractivity contribution in [2.75, 3.05) is 6.61 Å². The van der Waals surface area contributed by atoms with E-state index in [1.165, 1.54) is 6.33 Å². The normalized spacial score (nSPS) is 10.5. The van der Waals surface area contributed by atoms with E-state index in [1.807, 2.05) is 48.8 Å². The molecule has 0 fully saturated rings. The van der Waals surface area contributed by atoms with Crippen molar-refractivity contribution in [1.82, 2.24) is 24.7 Å². The SMILES string of the molecule is OCCC#Cc1ccc(-c2c(-c3ccccc3)ncn2Cc2ncn[nH]2)cc1. The first-order valence-corrected chi connectivity index (χ1v) is 9.00. The average molecular weight is 369 g/mol. The van der Waals surface area contributed by atoms with Gasteiger partial charge in [0.2, 0.25) is 0 Å². The average Bonchev–Trinajstić information content (AvgIpc) is 3.40. The van der Waals surface area contributed by atoms with Crippen molar-refractivity contribution in [1.29, 1.82) is 0 Å². The quantitative estimate of drug-likeness (QED) is 0.530. The number of nitrogens with one attached hydrogen (secondary N) is 1. The molecule has 0 bridgehead atoms. The molecule has 2 heterocycles. The minimum atomic E-state index is 0.0757. The van der Waals surface area contributed by atoms with Crippen molar-refractivity contribution in [3.05, 3.63) is 78.6 Å². The van der Waals surface area contributed by atoms with E-state index in [-0.39, 0.29) is 6.61 Å². The van der Waals surface area contributed by atoms with Crippen LogP contribution in [0.15, 0.2) is 67.3 Å². The van der Waals surface area contributed by atoms with Crippen LogP contribution in [0.4, 0.5) is 0 Å². The molecule has 2 aromatic carbocycles. The molecule has 0 saturated heterocycles. The number of hydrogen-bond donors (Lipinski definition) is 2. The van der Waals surface area contributed by atoms with Gasteiger partial charge in [0.1, 0.15) is 12.2 Å². The van der Waals surface area contributed by atoms with E-state index < -0.39 is 0 Å². The Morgan fingerprint density at radius 3 is 2.50 bits per heavy atom. The highest BCUT2D eigenvalue weighted by Gasteiger charge is 2.15. The molecule has 0 atom stereocenters. The highest BCUT2D eigenvalue weighted by atomic mass is 16.2. The van der Waals surface area contributed by atoms with E-state index in [2.05, 4.69) is 48.7 Å². The predicted octanol–water partition coefficient (Wildman–Crippen LogP) is 3.12. The van der Waals surface area contributed by atoms with Crippen LogP contribution in [0.3, 0.4) is 0 Å². The van der Waals surface area contributed by atoms with Gasteiger partial charge in [0, 0.05) is 23.1 Å². The summed E-state index contributed by atoms with van der Waals surface area (Å²) in [5.41, 5.74) is 4.95. The molecule has 0 saturated carbocycles. The number of aliphatic hydroxyl groups is 1. The standard InChI is InChI=1S/C22H19N5O/c28-13-5-4-6-17-9-11-19(12-10-17)22-21(18-7-2-1-3-8-18)24-16-27(22)14-20-23-15-25-26-20/h1-3,7-12,15-16,28H,5,13-14H2,(H,23,25,26). The van der Waals surface area contributed by atoms with Crippen molar-refractivity contribution in [2.45, 2.75) is 13.0 Å². The minimum Gasteiger partial charge on any atom is -0.395 e. The third-order valence-corrected chi connectivity index (χ3v) is 4.30. The maximum atomic E-state index is 8.86. The molecule has 0 aliphatic rings. The van der Waals surface area contributed by atoms with Gasteiger partial charge in [0.25, 0.3) is 0 Å². The molecule has 4 rings (SSSR count).